The number of aromatic nitrogens is 1. The monoisotopic (exact) mass is 386 g/mol. The molecule has 26 heavy (non-hydrogen) atoms. The van der Waals surface area contributed by atoms with Gasteiger partial charge in [0.15, 0.2) is 0 Å². The molecule has 1 saturated heterocycles. The van der Waals surface area contributed by atoms with Crippen molar-refractivity contribution in [2.24, 2.45) is 5.92 Å². The number of aryl methyl sites for hydroxylation is 1. The molecule has 1 atom stereocenters. The van der Waals surface area contributed by atoms with E-state index in [1.807, 2.05) is 24.3 Å². The minimum atomic E-state index is -0.0109. The van der Waals surface area contributed by atoms with E-state index in [2.05, 4.69) is 28.7 Å². The molecular weight excluding hydrogens is 364 g/mol. The number of fused-ring (bicyclic) bond motifs is 1. The van der Waals surface area contributed by atoms with Gasteiger partial charge in [-0.05, 0) is 54.8 Å². The van der Waals surface area contributed by atoms with Crippen molar-refractivity contribution < 1.29 is 9.53 Å². The molecule has 1 aromatic carbocycles. The summed E-state index contributed by atoms with van der Waals surface area (Å²) in [7, 11) is 0. The number of ether oxygens (including phenoxy) is 1. The van der Waals surface area contributed by atoms with Crippen LogP contribution in [0.15, 0.2) is 35.7 Å². The quantitative estimate of drug-likeness (QED) is 0.684. The van der Waals surface area contributed by atoms with Gasteiger partial charge in [-0.15, -0.1) is 22.7 Å². The van der Waals surface area contributed by atoms with Gasteiger partial charge in [0.1, 0.15) is 0 Å². The summed E-state index contributed by atoms with van der Waals surface area (Å²) >= 11 is 3.38. The molecule has 0 unspecified atom stereocenters. The second-order valence-electron chi connectivity index (χ2n) is 6.56. The molecule has 0 spiro atoms. The zero-order valence-electron chi connectivity index (χ0n) is 14.7. The third-order valence-corrected chi connectivity index (χ3v) is 6.99. The number of carbonyl (C=O) groups excluding carboxylic acids is 1. The summed E-state index contributed by atoms with van der Waals surface area (Å²) in [4.78, 5) is 18.8. The maximum Gasteiger partial charge on any atom is 0.251 e. The Hall–Kier alpha value is -1.76. The van der Waals surface area contributed by atoms with E-state index in [4.69, 9.17) is 4.74 Å². The third-order valence-electron chi connectivity index (χ3n) is 4.87. The highest BCUT2D eigenvalue weighted by atomic mass is 32.1. The van der Waals surface area contributed by atoms with Gasteiger partial charge in [0.2, 0.25) is 0 Å². The van der Waals surface area contributed by atoms with Crippen molar-refractivity contribution in [2.75, 3.05) is 13.2 Å². The Bertz CT molecular complexity index is 882. The van der Waals surface area contributed by atoms with Crippen LogP contribution in [0.5, 0.6) is 0 Å². The predicted octanol–water partition coefficient (Wildman–Crippen LogP) is 4.82. The van der Waals surface area contributed by atoms with Gasteiger partial charge in [-0.25, -0.2) is 4.98 Å². The molecule has 1 N–H and O–H groups in total. The second kappa shape index (κ2) is 7.86. The highest BCUT2D eigenvalue weighted by molar-refractivity contribution is 7.18. The van der Waals surface area contributed by atoms with Crippen molar-refractivity contribution in [3.05, 3.63) is 51.2 Å². The van der Waals surface area contributed by atoms with Crippen LogP contribution in [-0.2, 0) is 11.2 Å². The van der Waals surface area contributed by atoms with Crippen LogP contribution < -0.4 is 5.32 Å². The van der Waals surface area contributed by atoms with E-state index < -0.39 is 0 Å². The maximum absolute atomic E-state index is 13.0. The van der Waals surface area contributed by atoms with Crippen LogP contribution in [0.25, 0.3) is 10.2 Å². The van der Waals surface area contributed by atoms with Crippen LogP contribution in [0.4, 0.5) is 0 Å². The average molecular weight is 387 g/mol. The molecule has 1 fully saturated rings. The maximum atomic E-state index is 13.0. The minimum absolute atomic E-state index is 0.0109. The highest BCUT2D eigenvalue weighted by Gasteiger charge is 2.28. The lowest BCUT2D eigenvalue weighted by Crippen LogP contribution is -2.35. The molecule has 0 bridgehead atoms. The highest BCUT2D eigenvalue weighted by Crippen LogP contribution is 2.33. The largest absolute Gasteiger partial charge is 0.381 e. The van der Waals surface area contributed by atoms with E-state index in [1.165, 1.54) is 4.88 Å². The van der Waals surface area contributed by atoms with E-state index in [1.54, 1.807) is 22.7 Å². The predicted molar refractivity (Wildman–Crippen MR) is 107 cm³/mol. The molecule has 2 aromatic heterocycles. The van der Waals surface area contributed by atoms with Gasteiger partial charge in [0.05, 0.1) is 21.3 Å². The SMILES string of the molecule is CCc1nc2ccc(C(=O)N[C@H](c3cccs3)C3CCOCC3)cc2s1. The molecule has 0 aliphatic carbocycles. The van der Waals surface area contributed by atoms with Crippen LogP contribution in [-0.4, -0.2) is 24.1 Å². The number of nitrogens with one attached hydrogen (secondary N) is 1. The number of hydrogen-bond acceptors (Lipinski definition) is 5. The Morgan fingerprint density at radius 2 is 2.19 bits per heavy atom. The molecule has 6 heteroatoms. The first-order valence-corrected chi connectivity index (χ1v) is 10.8. The van der Waals surface area contributed by atoms with Gasteiger partial charge in [-0.2, -0.15) is 0 Å². The first-order valence-electron chi connectivity index (χ1n) is 9.06. The number of nitrogens with zero attached hydrogens (tertiary/aromatic N) is 1. The standard InChI is InChI=1S/C20H22N2O2S2/c1-2-18-21-15-6-5-14(12-17(15)26-18)20(23)22-19(16-4-3-11-25-16)13-7-9-24-10-8-13/h3-6,11-13,19H,2,7-10H2,1H3,(H,22,23)/t19-/m0/s1. The normalized spacial score (nSPS) is 16.7. The van der Waals surface area contributed by atoms with Crippen molar-refractivity contribution >= 4 is 38.8 Å². The van der Waals surface area contributed by atoms with Crippen molar-refractivity contribution in [1.29, 1.82) is 0 Å². The second-order valence-corrected chi connectivity index (χ2v) is 8.65. The summed E-state index contributed by atoms with van der Waals surface area (Å²) in [6.45, 7) is 3.65. The smallest absolute Gasteiger partial charge is 0.251 e. The molecule has 1 aliphatic rings. The topological polar surface area (TPSA) is 51.2 Å². The Kier molecular flexibility index (Phi) is 5.33. The van der Waals surface area contributed by atoms with Gasteiger partial charge in [0, 0.05) is 23.7 Å². The van der Waals surface area contributed by atoms with Crippen molar-refractivity contribution in [3.63, 3.8) is 0 Å². The third kappa shape index (κ3) is 3.68. The molecule has 3 aromatic rings. The number of rotatable bonds is 5. The molecule has 1 amide bonds. The molecule has 3 heterocycles. The molecule has 136 valence electrons. The van der Waals surface area contributed by atoms with Gasteiger partial charge in [0.25, 0.3) is 5.91 Å². The zero-order chi connectivity index (χ0) is 17.9. The number of amides is 1. The number of thiophene rings is 1. The fourth-order valence-corrected chi connectivity index (χ4v) is 5.24. The minimum Gasteiger partial charge on any atom is -0.381 e. The Morgan fingerprint density at radius 3 is 2.92 bits per heavy atom. The van der Waals surface area contributed by atoms with E-state index in [-0.39, 0.29) is 11.9 Å². The Balaban J connectivity index is 1.57. The molecule has 0 saturated carbocycles. The lowest BCUT2D eigenvalue weighted by atomic mass is 9.90. The average Bonchev–Trinajstić information content (AvgIpc) is 3.35. The lowest BCUT2D eigenvalue weighted by molar-refractivity contribution is 0.0518. The fourth-order valence-electron chi connectivity index (χ4n) is 3.43. The van der Waals surface area contributed by atoms with Gasteiger partial charge < -0.3 is 10.1 Å². The number of benzene rings is 1. The first kappa shape index (κ1) is 17.6. The number of hydrogen-bond donors (Lipinski definition) is 1. The summed E-state index contributed by atoms with van der Waals surface area (Å²) < 4.78 is 6.58. The van der Waals surface area contributed by atoms with Gasteiger partial charge in [-0.3, -0.25) is 4.79 Å². The van der Waals surface area contributed by atoms with Crippen LogP contribution in [0.2, 0.25) is 0 Å². The summed E-state index contributed by atoms with van der Waals surface area (Å²) in [5.41, 5.74) is 1.68. The van der Waals surface area contributed by atoms with Crippen LogP contribution >= 0.6 is 22.7 Å². The molecule has 4 rings (SSSR count). The fraction of sp³-hybridized carbons (Fsp3) is 0.400. The summed E-state index contributed by atoms with van der Waals surface area (Å²) in [6, 6.07) is 10.0. The molecule has 0 radical (unpaired) electrons. The van der Waals surface area contributed by atoms with Gasteiger partial charge in [-0.1, -0.05) is 13.0 Å². The molecular formula is C20H22N2O2S2. The lowest BCUT2D eigenvalue weighted by Gasteiger charge is -2.30. The Morgan fingerprint density at radius 1 is 1.35 bits per heavy atom. The first-order chi connectivity index (χ1) is 12.7. The van der Waals surface area contributed by atoms with Crippen molar-refractivity contribution in [1.82, 2.24) is 10.3 Å². The van der Waals surface area contributed by atoms with Crippen LogP contribution in [0.1, 0.15) is 46.0 Å². The van der Waals surface area contributed by atoms with E-state index >= 15 is 0 Å². The van der Waals surface area contributed by atoms with Crippen molar-refractivity contribution in [3.8, 4) is 0 Å². The van der Waals surface area contributed by atoms with Crippen LogP contribution in [0, 0.1) is 5.92 Å². The van der Waals surface area contributed by atoms with E-state index in [0.29, 0.717) is 11.5 Å². The zero-order valence-corrected chi connectivity index (χ0v) is 16.4. The van der Waals surface area contributed by atoms with E-state index in [0.717, 1.165) is 47.7 Å². The summed E-state index contributed by atoms with van der Waals surface area (Å²) in [6.07, 6.45) is 2.89. The number of thiazole rings is 1. The molecule has 1 aliphatic heterocycles. The summed E-state index contributed by atoms with van der Waals surface area (Å²) in [5.74, 6) is 0.411. The van der Waals surface area contributed by atoms with Crippen molar-refractivity contribution in [2.45, 2.75) is 32.2 Å². The number of carbonyl (C=O) groups is 1. The van der Waals surface area contributed by atoms with Gasteiger partial charge >= 0.3 is 0 Å². The van der Waals surface area contributed by atoms with E-state index in [9.17, 15) is 4.79 Å². The van der Waals surface area contributed by atoms with Crippen LogP contribution in [0.3, 0.4) is 0 Å². The Labute approximate surface area is 161 Å². The molecule has 4 nitrogen and oxygen atoms in total. The summed E-state index contributed by atoms with van der Waals surface area (Å²) in [5, 5.41) is 6.47.